The van der Waals surface area contributed by atoms with E-state index in [9.17, 15) is 9.59 Å². The Bertz CT molecular complexity index is 720. The van der Waals surface area contributed by atoms with Gasteiger partial charge >= 0.3 is 0 Å². The zero-order valence-corrected chi connectivity index (χ0v) is 13.5. The number of rotatable bonds is 5. The molecule has 114 valence electrons. The highest BCUT2D eigenvalue weighted by molar-refractivity contribution is 7.16. The van der Waals surface area contributed by atoms with Gasteiger partial charge in [-0.2, -0.15) is 0 Å². The van der Waals surface area contributed by atoms with E-state index in [0.29, 0.717) is 15.6 Å². The molecule has 0 aliphatic heterocycles. The summed E-state index contributed by atoms with van der Waals surface area (Å²) in [5.74, 6) is -0.866. The first kappa shape index (κ1) is 16.3. The number of halogens is 1. The minimum Gasteiger partial charge on any atom is -0.366 e. The van der Waals surface area contributed by atoms with Gasteiger partial charge in [-0.3, -0.25) is 9.59 Å². The van der Waals surface area contributed by atoms with E-state index in [0.717, 1.165) is 16.9 Å². The molecule has 0 bridgehead atoms. The van der Waals surface area contributed by atoms with E-state index in [1.165, 1.54) is 17.4 Å². The van der Waals surface area contributed by atoms with E-state index >= 15 is 0 Å². The van der Waals surface area contributed by atoms with Crippen LogP contribution in [0.2, 0.25) is 5.02 Å². The third-order valence-corrected chi connectivity index (χ3v) is 4.38. The largest absolute Gasteiger partial charge is 0.366 e. The number of thiophene rings is 1. The average Bonchev–Trinajstić information content (AvgIpc) is 2.90. The van der Waals surface area contributed by atoms with Crippen LogP contribution in [0.5, 0.6) is 0 Å². The van der Waals surface area contributed by atoms with Gasteiger partial charge in [-0.25, -0.2) is 0 Å². The number of hydrogen-bond donors (Lipinski definition) is 2. The summed E-state index contributed by atoms with van der Waals surface area (Å²) >= 11 is 7.15. The second-order valence-electron chi connectivity index (χ2n) is 4.55. The quantitative estimate of drug-likeness (QED) is 0.818. The van der Waals surface area contributed by atoms with Gasteiger partial charge in [0.25, 0.3) is 5.91 Å². The average molecular weight is 335 g/mol. The standard InChI is InChI=1S/C16H15ClN2O2S/c1-2-12-9-13(15(18)21)16(22-12)19-14(20)8-5-10-3-6-11(17)7-4-10/h3-9H,2H2,1H3,(H2,18,21)(H,19,20)/b8-5+. The van der Waals surface area contributed by atoms with Crippen molar-refractivity contribution in [3.05, 3.63) is 57.4 Å². The van der Waals surface area contributed by atoms with Gasteiger partial charge in [0.1, 0.15) is 5.00 Å². The highest BCUT2D eigenvalue weighted by Crippen LogP contribution is 2.28. The lowest BCUT2D eigenvalue weighted by molar-refractivity contribution is -0.111. The van der Waals surface area contributed by atoms with Crippen LogP contribution in [0.4, 0.5) is 5.00 Å². The summed E-state index contributed by atoms with van der Waals surface area (Å²) in [7, 11) is 0. The van der Waals surface area contributed by atoms with Crippen molar-refractivity contribution < 1.29 is 9.59 Å². The first-order chi connectivity index (χ1) is 10.5. The molecule has 1 aromatic heterocycles. The van der Waals surface area contributed by atoms with Gasteiger partial charge in [0.2, 0.25) is 5.91 Å². The van der Waals surface area contributed by atoms with Crippen LogP contribution >= 0.6 is 22.9 Å². The van der Waals surface area contributed by atoms with Gasteiger partial charge in [0.15, 0.2) is 0 Å². The van der Waals surface area contributed by atoms with E-state index < -0.39 is 5.91 Å². The van der Waals surface area contributed by atoms with E-state index in [2.05, 4.69) is 5.32 Å². The zero-order valence-electron chi connectivity index (χ0n) is 11.9. The summed E-state index contributed by atoms with van der Waals surface area (Å²) < 4.78 is 0. The van der Waals surface area contributed by atoms with E-state index in [-0.39, 0.29) is 5.91 Å². The molecule has 0 saturated carbocycles. The topological polar surface area (TPSA) is 72.2 Å². The number of hydrogen-bond acceptors (Lipinski definition) is 3. The molecule has 3 N–H and O–H groups in total. The highest BCUT2D eigenvalue weighted by atomic mass is 35.5. The predicted octanol–water partition coefficient (Wildman–Crippen LogP) is 3.71. The van der Waals surface area contributed by atoms with Crippen LogP contribution in [0.1, 0.15) is 27.7 Å². The number of carbonyl (C=O) groups is 2. The Morgan fingerprint density at radius 1 is 1.32 bits per heavy atom. The van der Waals surface area contributed by atoms with E-state index in [1.54, 1.807) is 36.4 Å². The number of nitrogens with one attached hydrogen (secondary N) is 1. The molecule has 0 atom stereocenters. The minimum absolute atomic E-state index is 0.318. The Labute approximate surface area is 137 Å². The molecule has 1 heterocycles. The Kier molecular flexibility index (Phi) is 5.35. The van der Waals surface area contributed by atoms with Crippen LogP contribution in [-0.2, 0) is 11.2 Å². The molecule has 0 saturated heterocycles. The summed E-state index contributed by atoms with van der Waals surface area (Å²) in [4.78, 5) is 24.3. The molecule has 2 rings (SSSR count). The Hall–Kier alpha value is -2.11. The zero-order chi connectivity index (χ0) is 16.1. The van der Waals surface area contributed by atoms with E-state index in [1.807, 2.05) is 6.92 Å². The molecule has 0 spiro atoms. The number of nitrogens with two attached hydrogens (primary N) is 1. The molecular formula is C16H15ClN2O2S. The van der Waals surface area contributed by atoms with Crippen molar-refractivity contribution in [1.82, 2.24) is 0 Å². The predicted molar refractivity (Wildman–Crippen MR) is 91.3 cm³/mol. The molecule has 0 aliphatic rings. The first-order valence-corrected chi connectivity index (χ1v) is 7.86. The molecule has 4 nitrogen and oxygen atoms in total. The van der Waals surface area contributed by atoms with Crippen LogP contribution in [0.25, 0.3) is 6.08 Å². The molecular weight excluding hydrogens is 320 g/mol. The highest BCUT2D eigenvalue weighted by Gasteiger charge is 2.14. The van der Waals surface area contributed by atoms with Crippen molar-refractivity contribution in [3.8, 4) is 0 Å². The van der Waals surface area contributed by atoms with Gasteiger partial charge < -0.3 is 11.1 Å². The first-order valence-electron chi connectivity index (χ1n) is 6.66. The third kappa shape index (κ3) is 4.19. The fourth-order valence-corrected chi connectivity index (χ4v) is 2.92. The lowest BCUT2D eigenvalue weighted by Crippen LogP contribution is -2.14. The smallest absolute Gasteiger partial charge is 0.251 e. The molecule has 2 aromatic rings. The van der Waals surface area contributed by atoms with Crippen molar-refractivity contribution in [1.29, 1.82) is 0 Å². The van der Waals surface area contributed by atoms with Gasteiger partial charge in [-0.15, -0.1) is 11.3 Å². The van der Waals surface area contributed by atoms with Gasteiger partial charge in [0, 0.05) is 16.0 Å². The molecule has 0 unspecified atom stereocenters. The maximum atomic E-state index is 12.0. The van der Waals surface area contributed by atoms with Gasteiger partial charge in [-0.1, -0.05) is 30.7 Å². The van der Waals surface area contributed by atoms with Crippen LogP contribution < -0.4 is 11.1 Å². The second kappa shape index (κ2) is 7.24. The number of anilines is 1. The Morgan fingerprint density at radius 2 is 2.00 bits per heavy atom. The summed E-state index contributed by atoms with van der Waals surface area (Å²) in [6.07, 6.45) is 3.85. The fraction of sp³-hybridized carbons (Fsp3) is 0.125. The summed E-state index contributed by atoms with van der Waals surface area (Å²) in [5.41, 5.74) is 6.52. The number of benzene rings is 1. The SMILES string of the molecule is CCc1cc(C(N)=O)c(NC(=O)/C=C/c2ccc(Cl)cc2)s1. The van der Waals surface area contributed by atoms with Crippen LogP contribution in [-0.4, -0.2) is 11.8 Å². The number of aryl methyl sites for hydroxylation is 1. The maximum absolute atomic E-state index is 12.0. The minimum atomic E-state index is -0.548. The van der Waals surface area contributed by atoms with Gasteiger partial charge in [0.05, 0.1) is 5.56 Å². The Morgan fingerprint density at radius 3 is 2.59 bits per heavy atom. The van der Waals surface area contributed by atoms with Crippen molar-refractivity contribution in [3.63, 3.8) is 0 Å². The van der Waals surface area contributed by atoms with Crippen molar-refractivity contribution >= 4 is 45.8 Å². The van der Waals surface area contributed by atoms with Gasteiger partial charge in [-0.05, 0) is 36.3 Å². The molecule has 6 heteroatoms. The van der Waals surface area contributed by atoms with Crippen molar-refractivity contribution in [2.75, 3.05) is 5.32 Å². The lowest BCUT2D eigenvalue weighted by atomic mass is 10.2. The normalized spacial score (nSPS) is 10.8. The number of carbonyl (C=O) groups excluding carboxylic acids is 2. The van der Waals surface area contributed by atoms with Crippen LogP contribution in [0.15, 0.2) is 36.4 Å². The third-order valence-electron chi connectivity index (χ3n) is 2.93. The summed E-state index contributed by atoms with van der Waals surface area (Å²) in [6.45, 7) is 1.97. The van der Waals surface area contributed by atoms with Crippen LogP contribution in [0.3, 0.4) is 0 Å². The summed E-state index contributed by atoms with van der Waals surface area (Å²) in [5, 5.41) is 3.81. The number of amides is 2. The second-order valence-corrected chi connectivity index (χ2v) is 6.12. The molecule has 0 fully saturated rings. The molecule has 1 aromatic carbocycles. The lowest BCUT2D eigenvalue weighted by Gasteiger charge is -2.01. The van der Waals surface area contributed by atoms with Crippen molar-refractivity contribution in [2.45, 2.75) is 13.3 Å². The summed E-state index contributed by atoms with van der Waals surface area (Å²) in [6, 6.07) is 8.82. The van der Waals surface area contributed by atoms with E-state index in [4.69, 9.17) is 17.3 Å². The molecule has 2 amide bonds. The van der Waals surface area contributed by atoms with Crippen molar-refractivity contribution in [2.24, 2.45) is 5.73 Å². The number of primary amides is 1. The fourth-order valence-electron chi connectivity index (χ4n) is 1.79. The molecule has 22 heavy (non-hydrogen) atoms. The van der Waals surface area contributed by atoms with Crippen LogP contribution in [0, 0.1) is 0 Å². The maximum Gasteiger partial charge on any atom is 0.251 e. The Balaban J connectivity index is 2.10. The molecule has 0 radical (unpaired) electrons. The molecule has 0 aliphatic carbocycles. The monoisotopic (exact) mass is 334 g/mol.